The van der Waals surface area contributed by atoms with Gasteiger partial charge in [0, 0.05) is 22.1 Å². The fraction of sp³-hybridized carbons (Fsp3) is 0.385. The lowest BCUT2D eigenvalue weighted by Crippen LogP contribution is -2.35. The number of nitrogens with zero attached hydrogens (tertiary/aromatic N) is 1. The lowest BCUT2D eigenvalue weighted by atomic mass is 10.2. The van der Waals surface area contributed by atoms with Crippen molar-refractivity contribution in [2.75, 3.05) is 6.54 Å². The number of hydrogen-bond acceptors (Lipinski definition) is 2. The van der Waals surface area contributed by atoms with E-state index in [2.05, 4.69) is 15.9 Å². The topological polar surface area (TPSA) is 57.6 Å². The molecule has 1 saturated carbocycles. The Morgan fingerprint density at radius 1 is 1.42 bits per heavy atom. The highest BCUT2D eigenvalue weighted by Gasteiger charge is 2.33. The number of benzene rings is 1. The number of carboxylic acids is 1. The molecule has 102 valence electrons. The number of amides is 1. The zero-order chi connectivity index (χ0) is 14.0. The monoisotopic (exact) mass is 345 g/mol. The van der Waals surface area contributed by atoms with Crippen LogP contribution in [0, 0.1) is 0 Å². The molecule has 0 spiro atoms. The number of aliphatic carboxylic acids is 1. The van der Waals surface area contributed by atoms with Crippen molar-refractivity contribution in [1.29, 1.82) is 0 Å². The first kappa shape index (κ1) is 14.3. The number of carbonyl (C=O) groups is 2. The van der Waals surface area contributed by atoms with Gasteiger partial charge >= 0.3 is 5.97 Å². The molecule has 0 aromatic heterocycles. The molecule has 1 fully saturated rings. The van der Waals surface area contributed by atoms with Gasteiger partial charge in [0.25, 0.3) is 5.91 Å². The standard InChI is InChI=1S/C13H13BrClNO3/c14-11-4-1-8(15)7-10(11)13(19)16(9-2-3-9)6-5-12(17)18/h1,4,7,9H,2-3,5-6H2,(H,17,18). The molecule has 0 saturated heterocycles. The Morgan fingerprint density at radius 3 is 2.68 bits per heavy atom. The van der Waals surface area contributed by atoms with Crippen LogP contribution in [0.3, 0.4) is 0 Å². The molecular weight excluding hydrogens is 334 g/mol. The van der Waals surface area contributed by atoms with Crippen molar-refractivity contribution in [3.8, 4) is 0 Å². The maximum atomic E-state index is 12.5. The second kappa shape index (κ2) is 5.92. The summed E-state index contributed by atoms with van der Waals surface area (Å²) in [7, 11) is 0. The van der Waals surface area contributed by atoms with Crippen molar-refractivity contribution < 1.29 is 14.7 Å². The summed E-state index contributed by atoms with van der Waals surface area (Å²) in [6, 6.07) is 5.18. The Balaban J connectivity index is 2.18. The molecule has 4 nitrogen and oxygen atoms in total. The Hall–Kier alpha value is -1.07. The predicted molar refractivity (Wildman–Crippen MR) is 75.5 cm³/mol. The summed E-state index contributed by atoms with van der Waals surface area (Å²) < 4.78 is 0.669. The molecule has 0 aliphatic heterocycles. The summed E-state index contributed by atoms with van der Waals surface area (Å²) >= 11 is 9.23. The fourth-order valence-corrected chi connectivity index (χ4v) is 2.46. The van der Waals surface area contributed by atoms with Gasteiger partial charge in [-0.3, -0.25) is 9.59 Å². The maximum absolute atomic E-state index is 12.5. The third kappa shape index (κ3) is 3.70. The van der Waals surface area contributed by atoms with Gasteiger partial charge in [-0.15, -0.1) is 0 Å². The minimum absolute atomic E-state index is 0.0412. The minimum atomic E-state index is -0.899. The van der Waals surface area contributed by atoms with E-state index in [0.29, 0.717) is 15.1 Å². The first-order chi connectivity index (χ1) is 8.99. The molecule has 1 aliphatic rings. The first-order valence-corrected chi connectivity index (χ1v) is 7.14. The summed E-state index contributed by atoms with van der Waals surface area (Å²) in [5.74, 6) is -1.07. The quantitative estimate of drug-likeness (QED) is 0.891. The van der Waals surface area contributed by atoms with Crippen molar-refractivity contribution in [2.45, 2.75) is 25.3 Å². The van der Waals surface area contributed by atoms with Crippen molar-refractivity contribution in [2.24, 2.45) is 0 Å². The van der Waals surface area contributed by atoms with Crippen LogP contribution in [-0.2, 0) is 4.79 Å². The number of carbonyl (C=O) groups excluding carboxylic acids is 1. The highest BCUT2D eigenvalue weighted by molar-refractivity contribution is 9.10. The van der Waals surface area contributed by atoms with Crippen molar-refractivity contribution >= 4 is 39.4 Å². The van der Waals surface area contributed by atoms with Crippen LogP contribution in [-0.4, -0.2) is 34.5 Å². The Morgan fingerprint density at radius 2 is 2.11 bits per heavy atom. The average Bonchev–Trinajstić information content (AvgIpc) is 3.16. The van der Waals surface area contributed by atoms with Crippen LogP contribution in [0.2, 0.25) is 5.02 Å². The van der Waals surface area contributed by atoms with E-state index in [0.717, 1.165) is 12.8 Å². The highest BCUT2D eigenvalue weighted by atomic mass is 79.9. The van der Waals surface area contributed by atoms with E-state index < -0.39 is 5.97 Å². The Kier molecular flexibility index (Phi) is 4.47. The van der Waals surface area contributed by atoms with Gasteiger partial charge in [0.15, 0.2) is 0 Å². The molecule has 0 bridgehead atoms. The van der Waals surface area contributed by atoms with Crippen LogP contribution >= 0.6 is 27.5 Å². The molecule has 19 heavy (non-hydrogen) atoms. The zero-order valence-corrected chi connectivity index (χ0v) is 12.4. The largest absolute Gasteiger partial charge is 0.481 e. The van der Waals surface area contributed by atoms with Gasteiger partial charge in [0.2, 0.25) is 0 Å². The fourth-order valence-electron chi connectivity index (χ4n) is 1.87. The van der Waals surface area contributed by atoms with Gasteiger partial charge in [-0.05, 0) is 47.0 Å². The molecule has 0 heterocycles. The Labute approximate surface area is 124 Å². The average molecular weight is 347 g/mol. The van der Waals surface area contributed by atoms with Crippen molar-refractivity contribution in [3.05, 3.63) is 33.3 Å². The first-order valence-electron chi connectivity index (χ1n) is 5.97. The van der Waals surface area contributed by atoms with Gasteiger partial charge in [-0.25, -0.2) is 0 Å². The summed E-state index contributed by atoms with van der Waals surface area (Å²) in [6.45, 7) is 0.234. The van der Waals surface area contributed by atoms with Gasteiger partial charge < -0.3 is 10.0 Å². The van der Waals surface area contributed by atoms with E-state index in [9.17, 15) is 9.59 Å². The number of carboxylic acid groups (broad SMARTS) is 1. The van der Waals surface area contributed by atoms with E-state index in [1.54, 1.807) is 23.1 Å². The summed E-state index contributed by atoms with van der Waals surface area (Å²) in [5, 5.41) is 9.23. The van der Waals surface area contributed by atoms with Crippen LogP contribution < -0.4 is 0 Å². The van der Waals surface area contributed by atoms with E-state index in [1.807, 2.05) is 0 Å². The van der Waals surface area contributed by atoms with Crippen LogP contribution in [0.4, 0.5) is 0 Å². The van der Waals surface area contributed by atoms with Gasteiger partial charge in [-0.2, -0.15) is 0 Å². The van der Waals surface area contributed by atoms with Gasteiger partial charge in [-0.1, -0.05) is 11.6 Å². The third-order valence-electron chi connectivity index (χ3n) is 2.97. The number of hydrogen-bond donors (Lipinski definition) is 1. The molecule has 6 heteroatoms. The molecular formula is C13H13BrClNO3. The minimum Gasteiger partial charge on any atom is -0.481 e. The zero-order valence-electron chi connectivity index (χ0n) is 10.1. The molecule has 1 aliphatic carbocycles. The van der Waals surface area contributed by atoms with E-state index in [-0.39, 0.29) is 24.9 Å². The molecule has 0 radical (unpaired) electrons. The molecule has 1 N–H and O–H groups in total. The SMILES string of the molecule is O=C(O)CCN(C(=O)c1cc(Cl)ccc1Br)C1CC1. The molecule has 1 amide bonds. The van der Waals surface area contributed by atoms with Crippen LogP contribution in [0.15, 0.2) is 22.7 Å². The number of halogens is 2. The van der Waals surface area contributed by atoms with Crippen molar-refractivity contribution in [1.82, 2.24) is 4.90 Å². The number of rotatable bonds is 5. The summed E-state index contributed by atoms with van der Waals surface area (Å²) in [4.78, 5) is 24.7. The summed E-state index contributed by atoms with van der Waals surface area (Å²) in [5.41, 5.74) is 0.477. The summed E-state index contributed by atoms with van der Waals surface area (Å²) in [6.07, 6.45) is 1.83. The lowest BCUT2D eigenvalue weighted by Gasteiger charge is -2.22. The van der Waals surface area contributed by atoms with Crippen LogP contribution in [0.1, 0.15) is 29.6 Å². The molecule has 2 rings (SSSR count). The van der Waals surface area contributed by atoms with E-state index in [1.165, 1.54) is 0 Å². The normalized spacial score (nSPS) is 14.2. The molecule has 1 aromatic carbocycles. The maximum Gasteiger partial charge on any atom is 0.305 e. The highest BCUT2D eigenvalue weighted by Crippen LogP contribution is 2.30. The second-order valence-corrected chi connectivity index (χ2v) is 5.79. The molecule has 1 aromatic rings. The second-order valence-electron chi connectivity index (χ2n) is 4.50. The lowest BCUT2D eigenvalue weighted by molar-refractivity contribution is -0.137. The van der Waals surface area contributed by atoms with Crippen LogP contribution in [0.5, 0.6) is 0 Å². The smallest absolute Gasteiger partial charge is 0.305 e. The van der Waals surface area contributed by atoms with Gasteiger partial charge in [0.05, 0.1) is 12.0 Å². The third-order valence-corrected chi connectivity index (χ3v) is 3.90. The van der Waals surface area contributed by atoms with E-state index in [4.69, 9.17) is 16.7 Å². The van der Waals surface area contributed by atoms with Crippen molar-refractivity contribution in [3.63, 3.8) is 0 Å². The van der Waals surface area contributed by atoms with Gasteiger partial charge in [0.1, 0.15) is 0 Å². The van der Waals surface area contributed by atoms with E-state index >= 15 is 0 Å². The molecule has 0 atom stereocenters. The predicted octanol–water partition coefficient (Wildman–Crippen LogP) is 3.18. The Bertz CT molecular complexity index is 517. The molecule has 0 unspecified atom stereocenters. The van der Waals surface area contributed by atoms with Crippen LogP contribution in [0.25, 0.3) is 0 Å².